The Morgan fingerprint density at radius 1 is 1.11 bits per heavy atom. The van der Waals surface area contributed by atoms with Gasteiger partial charge in [0.15, 0.2) is 15.7 Å². The molecular weight excluding hydrogens is 508 g/mol. The third-order valence-corrected chi connectivity index (χ3v) is 7.41. The van der Waals surface area contributed by atoms with E-state index in [0.29, 0.717) is 34.1 Å². The number of halogens is 5. The van der Waals surface area contributed by atoms with Crippen molar-refractivity contribution in [2.45, 2.75) is 23.5 Å². The molecule has 0 fully saturated rings. The minimum absolute atomic E-state index is 0.0444. The van der Waals surface area contributed by atoms with Gasteiger partial charge in [-0.3, -0.25) is 0 Å². The number of fused-ring (bicyclic) bond motifs is 3. The highest BCUT2D eigenvalue weighted by atomic mass is 35.5. The predicted molar refractivity (Wildman–Crippen MR) is 123 cm³/mol. The lowest BCUT2D eigenvalue weighted by atomic mass is 9.92. The molecule has 4 aromatic rings. The summed E-state index contributed by atoms with van der Waals surface area (Å²) in [7, 11) is -3.46. The van der Waals surface area contributed by atoms with E-state index in [2.05, 4.69) is 15.0 Å². The fourth-order valence-electron chi connectivity index (χ4n) is 4.42. The molecule has 0 aliphatic carbocycles. The highest BCUT2D eigenvalue weighted by Gasteiger charge is 2.37. The molecule has 1 aliphatic rings. The Bertz CT molecular complexity index is 1550. The van der Waals surface area contributed by atoms with Crippen LogP contribution in [0.5, 0.6) is 0 Å². The third-order valence-electron chi connectivity index (χ3n) is 5.99. The molecule has 1 unspecified atom stereocenters. The monoisotopic (exact) mass is 524 g/mol. The van der Waals surface area contributed by atoms with Crippen molar-refractivity contribution in [1.82, 2.24) is 15.0 Å². The molecule has 5 rings (SSSR count). The summed E-state index contributed by atoms with van der Waals surface area (Å²) < 4.78 is 78.8. The molecule has 0 saturated heterocycles. The van der Waals surface area contributed by atoms with Crippen molar-refractivity contribution < 1.29 is 26.0 Å². The Hall–Kier alpha value is -3.18. The summed E-state index contributed by atoms with van der Waals surface area (Å²) in [6, 6.07) is 9.10. The summed E-state index contributed by atoms with van der Waals surface area (Å²) in [5, 5.41) is 0.270. The molecule has 1 atom stereocenters. The minimum atomic E-state index is -4.66. The average molecular weight is 525 g/mol. The van der Waals surface area contributed by atoms with Crippen LogP contribution in [0, 0.1) is 5.82 Å². The van der Waals surface area contributed by atoms with Crippen molar-refractivity contribution >= 4 is 38.3 Å². The van der Waals surface area contributed by atoms with Gasteiger partial charge in [0.25, 0.3) is 0 Å². The first-order valence-electron chi connectivity index (χ1n) is 10.4. The number of hydrogen-bond donors (Lipinski definition) is 1. The number of sulfone groups is 1. The van der Waals surface area contributed by atoms with Crippen LogP contribution in [0.2, 0.25) is 5.02 Å². The molecule has 1 N–H and O–H groups in total. The van der Waals surface area contributed by atoms with E-state index in [9.17, 15) is 26.0 Å². The van der Waals surface area contributed by atoms with E-state index in [1.54, 1.807) is 23.1 Å². The lowest BCUT2D eigenvalue weighted by Gasteiger charge is -2.36. The predicted octanol–water partition coefficient (Wildman–Crippen LogP) is 5.32. The van der Waals surface area contributed by atoms with Crippen LogP contribution in [-0.4, -0.2) is 36.2 Å². The van der Waals surface area contributed by atoms with Crippen molar-refractivity contribution in [2.24, 2.45) is 0 Å². The largest absolute Gasteiger partial charge is 0.433 e. The molecule has 2 aromatic carbocycles. The van der Waals surface area contributed by atoms with Crippen molar-refractivity contribution in [3.63, 3.8) is 0 Å². The molecule has 12 heteroatoms. The van der Waals surface area contributed by atoms with E-state index in [4.69, 9.17) is 11.6 Å². The number of benzene rings is 2. The SMILES string of the molecule is CS(=O)(=O)c1ccc(C2c3[nH]c4ccc(Cl)c(F)c4c3CCN2c2nccc(C(F)(F)F)n2)cc1. The highest BCUT2D eigenvalue weighted by Crippen LogP contribution is 2.42. The number of nitrogens with zero attached hydrogens (tertiary/aromatic N) is 3. The number of aromatic nitrogens is 3. The second-order valence-electron chi connectivity index (χ2n) is 8.23. The van der Waals surface area contributed by atoms with Gasteiger partial charge in [0, 0.05) is 35.6 Å². The van der Waals surface area contributed by atoms with E-state index in [1.165, 1.54) is 18.2 Å². The van der Waals surface area contributed by atoms with Crippen LogP contribution in [0.1, 0.15) is 28.6 Å². The van der Waals surface area contributed by atoms with E-state index >= 15 is 0 Å². The number of H-pyrrole nitrogens is 1. The highest BCUT2D eigenvalue weighted by molar-refractivity contribution is 7.90. The van der Waals surface area contributed by atoms with Crippen LogP contribution < -0.4 is 4.90 Å². The molecule has 0 spiro atoms. The maximum absolute atomic E-state index is 15.0. The molecule has 0 amide bonds. The van der Waals surface area contributed by atoms with Crippen LogP contribution in [0.15, 0.2) is 53.6 Å². The first-order valence-corrected chi connectivity index (χ1v) is 12.7. The number of alkyl halides is 3. The van der Waals surface area contributed by atoms with Crippen molar-refractivity contribution in [1.29, 1.82) is 0 Å². The van der Waals surface area contributed by atoms with Gasteiger partial charge in [-0.15, -0.1) is 0 Å². The normalized spacial score (nSPS) is 16.5. The third kappa shape index (κ3) is 4.12. The maximum Gasteiger partial charge on any atom is 0.433 e. The van der Waals surface area contributed by atoms with Gasteiger partial charge in [0.2, 0.25) is 5.95 Å². The minimum Gasteiger partial charge on any atom is -0.356 e. The fraction of sp³-hybridized carbons (Fsp3) is 0.217. The average Bonchev–Trinajstić information content (AvgIpc) is 3.19. The van der Waals surface area contributed by atoms with Crippen molar-refractivity contribution in [2.75, 3.05) is 17.7 Å². The number of aromatic amines is 1. The number of anilines is 1. The van der Waals surface area contributed by atoms with Crippen LogP contribution in [0.25, 0.3) is 10.9 Å². The summed E-state index contributed by atoms with van der Waals surface area (Å²) in [4.78, 5) is 12.7. The second kappa shape index (κ2) is 8.20. The smallest absolute Gasteiger partial charge is 0.356 e. The molecule has 1 aliphatic heterocycles. The van der Waals surface area contributed by atoms with Crippen LogP contribution >= 0.6 is 11.6 Å². The Morgan fingerprint density at radius 3 is 2.49 bits per heavy atom. The summed E-state index contributed by atoms with van der Waals surface area (Å²) in [5.41, 5.74) is 1.15. The second-order valence-corrected chi connectivity index (χ2v) is 10.7. The standard InChI is InChI=1S/C23H17ClF4N4O2S/c1-35(33,34)13-4-2-12(3-5-13)21-20-14(18-16(30-20)7-6-15(24)19(18)25)9-11-32(21)22-29-10-8-17(31-22)23(26,27)28/h2-8,10,21,30H,9,11H2,1H3. The van der Waals surface area contributed by atoms with Crippen LogP contribution in [0.3, 0.4) is 0 Å². The van der Waals surface area contributed by atoms with Gasteiger partial charge in [-0.1, -0.05) is 23.7 Å². The Morgan fingerprint density at radius 2 is 1.83 bits per heavy atom. The molecule has 35 heavy (non-hydrogen) atoms. The number of hydrogen-bond acceptors (Lipinski definition) is 5. The molecule has 2 aromatic heterocycles. The van der Waals surface area contributed by atoms with Gasteiger partial charge in [0.05, 0.1) is 16.0 Å². The first-order chi connectivity index (χ1) is 16.4. The quantitative estimate of drug-likeness (QED) is 0.367. The number of rotatable bonds is 3. The molecule has 3 heterocycles. The van der Waals surface area contributed by atoms with Gasteiger partial charge in [-0.05, 0) is 47.9 Å². The summed E-state index contributed by atoms with van der Waals surface area (Å²) in [6.45, 7) is 0.186. The molecule has 182 valence electrons. The fourth-order valence-corrected chi connectivity index (χ4v) is 5.21. The van der Waals surface area contributed by atoms with Gasteiger partial charge in [-0.25, -0.2) is 22.8 Å². The first kappa shape index (κ1) is 23.6. The van der Waals surface area contributed by atoms with Crippen LogP contribution in [0.4, 0.5) is 23.5 Å². The lowest BCUT2D eigenvalue weighted by Crippen LogP contribution is -2.37. The number of nitrogens with one attached hydrogen (secondary N) is 1. The van der Waals surface area contributed by atoms with E-state index in [1.807, 2.05) is 0 Å². The van der Waals surface area contributed by atoms with Crippen molar-refractivity contribution in [3.05, 3.63) is 82.0 Å². The van der Waals surface area contributed by atoms with Gasteiger partial charge >= 0.3 is 6.18 Å². The Kier molecular flexibility index (Phi) is 5.52. The van der Waals surface area contributed by atoms with Gasteiger partial charge in [0.1, 0.15) is 5.69 Å². The van der Waals surface area contributed by atoms with Gasteiger partial charge in [-0.2, -0.15) is 13.2 Å². The van der Waals surface area contributed by atoms with Crippen LogP contribution in [-0.2, 0) is 22.4 Å². The summed E-state index contributed by atoms with van der Waals surface area (Å²) >= 11 is 6.00. The maximum atomic E-state index is 15.0. The van der Waals surface area contributed by atoms with E-state index in [-0.39, 0.29) is 22.4 Å². The van der Waals surface area contributed by atoms with Crippen molar-refractivity contribution in [3.8, 4) is 0 Å². The Balaban J connectivity index is 1.71. The molecule has 6 nitrogen and oxygen atoms in total. The molecule has 0 saturated carbocycles. The zero-order valence-corrected chi connectivity index (χ0v) is 19.6. The lowest BCUT2D eigenvalue weighted by molar-refractivity contribution is -0.141. The molecule has 0 bridgehead atoms. The zero-order chi connectivity index (χ0) is 25.1. The zero-order valence-electron chi connectivity index (χ0n) is 18.1. The van der Waals surface area contributed by atoms with E-state index < -0.39 is 33.6 Å². The van der Waals surface area contributed by atoms with Gasteiger partial charge < -0.3 is 9.88 Å². The summed E-state index contributed by atoms with van der Waals surface area (Å²) in [5.74, 6) is -0.739. The summed E-state index contributed by atoms with van der Waals surface area (Å²) in [6.07, 6.45) is -2.25. The molecular formula is C23H17ClF4N4O2S. The Labute approximate surface area is 202 Å². The molecule has 0 radical (unpaired) electrons. The van der Waals surface area contributed by atoms with E-state index in [0.717, 1.165) is 18.5 Å². The topological polar surface area (TPSA) is 79.0 Å².